The van der Waals surface area contributed by atoms with Crippen molar-refractivity contribution in [1.29, 1.82) is 0 Å². The summed E-state index contributed by atoms with van der Waals surface area (Å²) in [5, 5.41) is 0. The Balaban J connectivity index is 2.23. The highest BCUT2D eigenvalue weighted by molar-refractivity contribution is 5.98. The molecule has 0 N–H and O–H groups in total. The maximum Gasteiger partial charge on any atom is 0.340 e. The van der Waals surface area contributed by atoms with Crippen LogP contribution in [0.2, 0.25) is 0 Å². The van der Waals surface area contributed by atoms with E-state index in [2.05, 4.69) is 16.4 Å². The predicted molar refractivity (Wildman–Crippen MR) is 103 cm³/mol. The molecule has 0 spiro atoms. The minimum Gasteiger partial charge on any atom is -0.462 e. The van der Waals surface area contributed by atoms with Crippen molar-refractivity contribution < 1.29 is 14.3 Å². The van der Waals surface area contributed by atoms with Gasteiger partial charge in [-0.2, -0.15) is 0 Å². The fourth-order valence-electron chi connectivity index (χ4n) is 3.59. The number of carbonyl (C=O) groups is 2. The van der Waals surface area contributed by atoms with Crippen LogP contribution in [0, 0.1) is 13.8 Å². The first-order valence-electron chi connectivity index (χ1n) is 9.50. The van der Waals surface area contributed by atoms with Gasteiger partial charge in [-0.3, -0.25) is 4.79 Å². The molecular formula is C20H31N3O3. The molecule has 0 radical (unpaired) electrons. The minimum atomic E-state index is -0.330. The maximum absolute atomic E-state index is 12.5. The first-order valence-corrected chi connectivity index (χ1v) is 9.50. The molecule has 0 unspecified atom stereocenters. The van der Waals surface area contributed by atoms with Crippen LogP contribution in [-0.4, -0.2) is 65.6 Å². The molecule has 1 aromatic rings. The molecule has 1 amide bonds. The fraction of sp³-hybridized carbons (Fsp3) is 0.600. The Morgan fingerprint density at radius 3 is 2.19 bits per heavy atom. The molecule has 1 aromatic heterocycles. The Morgan fingerprint density at radius 1 is 1.00 bits per heavy atom. The first kappa shape index (κ1) is 20.2. The van der Waals surface area contributed by atoms with Crippen LogP contribution < -0.4 is 0 Å². The summed E-state index contributed by atoms with van der Waals surface area (Å²) in [5.74, 6) is -0.333. The van der Waals surface area contributed by atoms with Crippen molar-refractivity contribution in [3.63, 3.8) is 0 Å². The molecule has 0 bridgehead atoms. The summed E-state index contributed by atoms with van der Waals surface area (Å²) in [7, 11) is 0. The number of esters is 1. The quantitative estimate of drug-likeness (QED) is 0.577. The topological polar surface area (TPSA) is 54.8 Å². The number of hydrogen-bond acceptors (Lipinski definition) is 4. The molecule has 0 atom stereocenters. The maximum atomic E-state index is 12.5. The number of likely N-dealkylation sites (N-methyl/N-ethyl adjacent to an activating group) is 1. The molecule has 2 heterocycles. The van der Waals surface area contributed by atoms with Crippen molar-refractivity contribution >= 4 is 18.0 Å². The standard InChI is InChI=1S/C20H31N3O3/c1-6-21-11-13-22(14-12-21)18(24)10-9-17-15(4)23(7-2)16(5)19(17)20(25)26-8-3/h9-10H,6-8,11-14H2,1-5H3/b10-9+. The number of nitrogens with zero attached hydrogens (tertiary/aromatic N) is 3. The summed E-state index contributed by atoms with van der Waals surface area (Å²) in [6, 6.07) is 0. The van der Waals surface area contributed by atoms with Crippen LogP contribution in [0.25, 0.3) is 6.08 Å². The lowest BCUT2D eigenvalue weighted by molar-refractivity contribution is -0.127. The van der Waals surface area contributed by atoms with E-state index in [9.17, 15) is 9.59 Å². The number of hydrogen-bond donors (Lipinski definition) is 0. The van der Waals surface area contributed by atoms with E-state index >= 15 is 0 Å². The van der Waals surface area contributed by atoms with Gasteiger partial charge in [-0.05, 0) is 40.3 Å². The third-order valence-corrected chi connectivity index (χ3v) is 5.15. The Kier molecular flexibility index (Phi) is 7.03. The van der Waals surface area contributed by atoms with Gasteiger partial charge in [-0.1, -0.05) is 6.92 Å². The SMILES string of the molecule is CCOC(=O)c1c(/C=C/C(=O)N2CCN(CC)CC2)c(C)n(CC)c1C. The molecular weight excluding hydrogens is 330 g/mol. The highest BCUT2D eigenvalue weighted by Crippen LogP contribution is 2.25. The Bertz CT molecular complexity index is 683. The summed E-state index contributed by atoms with van der Waals surface area (Å²) in [6.07, 6.45) is 3.36. The van der Waals surface area contributed by atoms with E-state index in [4.69, 9.17) is 4.74 Å². The summed E-state index contributed by atoms with van der Waals surface area (Å²) in [5.41, 5.74) is 3.20. The van der Waals surface area contributed by atoms with Crippen LogP contribution in [-0.2, 0) is 16.1 Å². The molecule has 26 heavy (non-hydrogen) atoms. The van der Waals surface area contributed by atoms with Crippen molar-refractivity contribution in [3.8, 4) is 0 Å². The van der Waals surface area contributed by atoms with Crippen molar-refractivity contribution in [3.05, 3.63) is 28.6 Å². The lowest BCUT2D eigenvalue weighted by atomic mass is 10.1. The van der Waals surface area contributed by atoms with Gasteiger partial charge < -0.3 is 19.1 Å². The van der Waals surface area contributed by atoms with Crippen molar-refractivity contribution in [1.82, 2.24) is 14.4 Å². The second-order valence-electron chi connectivity index (χ2n) is 6.52. The molecule has 1 fully saturated rings. The van der Waals surface area contributed by atoms with Gasteiger partial charge in [0.1, 0.15) is 0 Å². The number of rotatable bonds is 6. The van der Waals surface area contributed by atoms with Gasteiger partial charge in [0.15, 0.2) is 0 Å². The van der Waals surface area contributed by atoms with Gasteiger partial charge in [0, 0.05) is 55.8 Å². The zero-order valence-electron chi connectivity index (χ0n) is 16.7. The third kappa shape index (κ3) is 4.18. The second kappa shape index (κ2) is 9.03. The smallest absolute Gasteiger partial charge is 0.340 e. The average Bonchev–Trinajstić information content (AvgIpc) is 2.89. The summed E-state index contributed by atoms with van der Waals surface area (Å²) < 4.78 is 7.30. The lowest BCUT2D eigenvalue weighted by Gasteiger charge is -2.33. The molecule has 0 aliphatic carbocycles. The third-order valence-electron chi connectivity index (χ3n) is 5.15. The zero-order valence-corrected chi connectivity index (χ0v) is 16.7. The number of amides is 1. The molecule has 144 valence electrons. The van der Waals surface area contributed by atoms with E-state index in [0.29, 0.717) is 12.2 Å². The summed E-state index contributed by atoms with van der Waals surface area (Å²) in [4.78, 5) is 29.2. The van der Waals surface area contributed by atoms with Gasteiger partial charge in [0.2, 0.25) is 5.91 Å². The Labute approximate surface area is 156 Å². The summed E-state index contributed by atoms with van der Waals surface area (Å²) >= 11 is 0. The van der Waals surface area contributed by atoms with Gasteiger partial charge in [-0.25, -0.2) is 4.79 Å². The highest BCUT2D eigenvalue weighted by Gasteiger charge is 2.23. The second-order valence-corrected chi connectivity index (χ2v) is 6.52. The molecule has 1 saturated heterocycles. The van der Waals surface area contributed by atoms with E-state index < -0.39 is 0 Å². The van der Waals surface area contributed by atoms with Crippen LogP contribution in [0.15, 0.2) is 6.08 Å². The lowest BCUT2D eigenvalue weighted by Crippen LogP contribution is -2.48. The zero-order chi connectivity index (χ0) is 19.3. The van der Waals surface area contributed by atoms with E-state index in [0.717, 1.165) is 56.2 Å². The van der Waals surface area contributed by atoms with E-state index in [1.165, 1.54) is 0 Å². The predicted octanol–water partition coefficient (Wildman–Crippen LogP) is 2.48. The first-order chi connectivity index (χ1) is 12.4. The molecule has 0 aromatic carbocycles. The summed E-state index contributed by atoms with van der Waals surface area (Å²) in [6.45, 7) is 15.3. The number of aromatic nitrogens is 1. The average molecular weight is 361 g/mol. The van der Waals surface area contributed by atoms with Gasteiger partial charge in [-0.15, -0.1) is 0 Å². The minimum absolute atomic E-state index is 0.00290. The monoisotopic (exact) mass is 361 g/mol. The normalized spacial score (nSPS) is 15.7. The van der Waals surface area contributed by atoms with Crippen LogP contribution in [0.4, 0.5) is 0 Å². The van der Waals surface area contributed by atoms with E-state index in [1.807, 2.05) is 25.7 Å². The van der Waals surface area contributed by atoms with Crippen LogP contribution in [0.3, 0.4) is 0 Å². The number of ether oxygens (including phenoxy) is 1. The molecule has 1 aliphatic heterocycles. The molecule has 6 heteroatoms. The van der Waals surface area contributed by atoms with Crippen molar-refractivity contribution in [2.75, 3.05) is 39.3 Å². The van der Waals surface area contributed by atoms with Crippen LogP contribution in [0.5, 0.6) is 0 Å². The molecule has 0 saturated carbocycles. The van der Waals surface area contributed by atoms with Gasteiger partial charge in [0.25, 0.3) is 0 Å². The van der Waals surface area contributed by atoms with Gasteiger partial charge in [0.05, 0.1) is 12.2 Å². The Hall–Kier alpha value is -2.08. The molecule has 2 rings (SSSR count). The van der Waals surface area contributed by atoms with Crippen LogP contribution >= 0.6 is 0 Å². The number of carbonyl (C=O) groups excluding carboxylic acids is 2. The van der Waals surface area contributed by atoms with Crippen LogP contribution in [0.1, 0.15) is 48.1 Å². The molecule has 6 nitrogen and oxygen atoms in total. The number of piperazine rings is 1. The fourth-order valence-corrected chi connectivity index (χ4v) is 3.59. The van der Waals surface area contributed by atoms with Crippen molar-refractivity contribution in [2.45, 2.75) is 41.2 Å². The van der Waals surface area contributed by atoms with Gasteiger partial charge >= 0.3 is 5.97 Å². The van der Waals surface area contributed by atoms with E-state index in [1.54, 1.807) is 19.1 Å². The molecule has 1 aliphatic rings. The highest BCUT2D eigenvalue weighted by atomic mass is 16.5. The largest absolute Gasteiger partial charge is 0.462 e. The Morgan fingerprint density at radius 2 is 1.65 bits per heavy atom. The van der Waals surface area contributed by atoms with E-state index in [-0.39, 0.29) is 11.9 Å². The van der Waals surface area contributed by atoms with Crippen molar-refractivity contribution in [2.24, 2.45) is 0 Å².